The van der Waals surface area contributed by atoms with E-state index in [9.17, 15) is 4.79 Å². The van der Waals surface area contributed by atoms with Crippen LogP contribution in [0.5, 0.6) is 0 Å². The van der Waals surface area contributed by atoms with E-state index in [0.717, 1.165) is 31.7 Å². The number of aromatic nitrogens is 2. The van der Waals surface area contributed by atoms with Crippen molar-refractivity contribution in [2.45, 2.75) is 19.5 Å². The molecule has 2 aromatic rings. The van der Waals surface area contributed by atoms with Gasteiger partial charge in [0, 0.05) is 37.4 Å². The van der Waals surface area contributed by atoms with Crippen LogP contribution in [-0.2, 0) is 17.8 Å². The molecule has 1 fully saturated rings. The number of ether oxygens (including phenoxy) is 1. The van der Waals surface area contributed by atoms with E-state index in [-0.39, 0.29) is 6.03 Å². The Morgan fingerprint density at radius 3 is 2.91 bits per heavy atom. The molecule has 0 radical (unpaired) electrons. The third-order valence-corrected chi connectivity index (χ3v) is 3.90. The number of hydrogen-bond donors (Lipinski definition) is 2. The quantitative estimate of drug-likeness (QED) is 0.854. The first kappa shape index (κ1) is 15.6. The minimum atomic E-state index is -0.146. The highest BCUT2D eigenvalue weighted by molar-refractivity contribution is 5.73. The summed E-state index contributed by atoms with van der Waals surface area (Å²) < 4.78 is 7.16. The number of hydrogen-bond acceptors (Lipinski definition) is 3. The van der Waals surface area contributed by atoms with Gasteiger partial charge in [0.05, 0.1) is 19.3 Å². The Morgan fingerprint density at radius 2 is 2.13 bits per heavy atom. The van der Waals surface area contributed by atoms with E-state index in [2.05, 4.69) is 27.9 Å². The van der Waals surface area contributed by atoms with Gasteiger partial charge in [-0.15, -0.1) is 0 Å². The maximum absolute atomic E-state index is 11.8. The standard InChI is InChI=1S/C17H22N4O2/c22-17(18-8-15-6-7-23-13-15)19-9-16-10-20-21(12-16)11-14-4-2-1-3-5-14/h1-5,10,12,15H,6-9,11,13H2,(H2,18,19,22). The van der Waals surface area contributed by atoms with Crippen molar-refractivity contribution in [1.82, 2.24) is 20.4 Å². The Balaban J connectivity index is 1.41. The first-order chi connectivity index (χ1) is 11.3. The van der Waals surface area contributed by atoms with E-state index in [1.807, 2.05) is 29.1 Å². The maximum Gasteiger partial charge on any atom is 0.315 e. The molecule has 0 bridgehead atoms. The summed E-state index contributed by atoms with van der Waals surface area (Å²) in [6, 6.07) is 10.0. The molecule has 2 heterocycles. The zero-order valence-electron chi connectivity index (χ0n) is 13.1. The van der Waals surface area contributed by atoms with Crippen molar-refractivity contribution in [1.29, 1.82) is 0 Å². The predicted octanol–water partition coefficient (Wildman–Crippen LogP) is 1.77. The molecule has 1 aromatic carbocycles. The van der Waals surface area contributed by atoms with Crippen LogP contribution in [0, 0.1) is 5.92 Å². The van der Waals surface area contributed by atoms with E-state index in [4.69, 9.17) is 4.74 Å². The number of benzene rings is 1. The fourth-order valence-corrected chi connectivity index (χ4v) is 2.58. The fraction of sp³-hybridized carbons (Fsp3) is 0.412. The van der Waals surface area contributed by atoms with Crippen LogP contribution >= 0.6 is 0 Å². The minimum Gasteiger partial charge on any atom is -0.381 e. The van der Waals surface area contributed by atoms with Crippen molar-refractivity contribution in [3.05, 3.63) is 53.9 Å². The van der Waals surface area contributed by atoms with Gasteiger partial charge in [0.25, 0.3) is 0 Å². The summed E-state index contributed by atoms with van der Waals surface area (Å²) in [5.74, 6) is 0.439. The molecule has 1 aliphatic rings. The number of carbonyl (C=O) groups is 1. The van der Waals surface area contributed by atoms with Crippen LogP contribution in [0.2, 0.25) is 0 Å². The van der Waals surface area contributed by atoms with Gasteiger partial charge in [-0.25, -0.2) is 4.79 Å². The number of urea groups is 1. The van der Waals surface area contributed by atoms with E-state index >= 15 is 0 Å². The summed E-state index contributed by atoms with van der Waals surface area (Å²) in [5.41, 5.74) is 2.19. The fourth-order valence-electron chi connectivity index (χ4n) is 2.58. The topological polar surface area (TPSA) is 68.2 Å². The molecule has 23 heavy (non-hydrogen) atoms. The number of rotatable bonds is 6. The van der Waals surface area contributed by atoms with Gasteiger partial charge >= 0.3 is 6.03 Å². The number of nitrogens with zero attached hydrogens (tertiary/aromatic N) is 2. The highest BCUT2D eigenvalue weighted by Crippen LogP contribution is 2.10. The van der Waals surface area contributed by atoms with Gasteiger partial charge in [0.2, 0.25) is 0 Å². The van der Waals surface area contributed by atoms with Crippen molar-refractivity contribution >= 4 is 6.03 Å². The van der Waals surface area contributed by atoms with Crippen molar-refractivity contribution in [2.75, 3.05) is 19.8 Å². The Morgan fingerprint density at radius 1 is 1.26 bits per heavy atom. The van der Waals surface area contributed by atoms with Crippen LogP contribution in [0.1, 0.15) is 17.5 Å². The molecular formula is C17H22N4O2. The van der Waals surface area contributed by atoms with Gasteiger partial charge in [-0.05, 0) is 12.0 Å². The number of amides is 2. The van der Waals surface area contributed by atoms with Crippen LogP contribution < -0.4 is 10.6 Å². The van der Waals surface area contributed by atoms with Crippen molar-refractivity contribution in [3.63, 3.8) is 0 Å². The SMILES string of the molecule is O=C(NCc1cnn(Cc2ccccc2)c1)NCC1CCOC1. The van der Waals surface area contributed by atoms with Gasteiger partial charge in [-0.1, -0.05) is 30.3 Å². The molecule has 1 atom stereocenters. The molecule has 0 spiro atoms. The lowest BCUT2D eigenvalue weighted by Crippen LogP contribution is -2.37. The van der Waals surface area contributed by atoms with Crippen molar-refractivity contribution in [3.8, 4) is 0 Å². The lowest BCUT2D eigenvalue weighted by Gasteiger charge is -2.10. The summed E-state index contributed by atoms with van der Waals surface area (Å²) in [6.07, 6.45) is 4.76. The Bertz CT molecular complexity index is 621. The first-order valence-electron chi connectivity index (χ1n) is 7.94. The van der Waals surface area contributed by atoms with Crippen LogP contribution in [0.4, 0.5) is 4.79 Å². The zero-order valence-corrected chi connectivity index (χ0v) is 13.1. The van der Waals surface area contributed by atoms with E-state index < -0.39 is 0 Å². The molecular weight excluding hydrogens is 292 g/mol. The molecule has 1 aromatic heterocycles. The normalized spacial score (nSPS) is 17.1. The molecule has 1 unspecified atom stereocenters. The maximum atomic E-state index is 11.8. The van der Waals surface area contributed by atoms with Gasteiger partial charge < -0.3 is 15.4 Å². The summed E-state index contributed by atoms with van der Waals surface area (Å²) in [6.45, 7) is 3.41. The Hall–Kier alpha value is -2.34. The van der Waals surface area contributed by atoms with E-state index in [1.165, 1.54) is 5.56 Å². The smallest absolute Gasteiger partial charge is 0.315 e. The molecule has 6 heteroatoms. The number of nitrogens with one attached hydrogen (secondary N) is 2. The summed E-state index contributed by atoms with van der Waals surface area (Å²) in [7, 11) is 0. The Labute approximate surface area is 135 Å². The van der Waals surface area contributed by atoms with Gasteiger partial charge in [-0.2, -0.15) is 5.10 Å². The third kappa shape index (κ3) is 4.82. The second-order valence-corrected chi connectivity index (χ2v) is 5.82. The number of carbonyl (C=O) groups excluding carboxylic acids is 1. The summed E-state index contributed by atoms with van der Waals surface area (Å²) >= 11 is 0. The monoisotopic (exact) mass is 314 g/mol. The second kappa shape index (κ2) is 7.78. The molecule has 6 nitrogen and oxygen atoms in total. The van der Waals surface area contributed by atoms with Crippen LogP contribution in [0.3, 0.4) is 0 Å². The van der Waals surface area contributed by atoms with E-state index in [0.29, 0.717) is 19.0 Å². The lowest BCUT2D eigenvalue weighted by molar-refractivity contribution is 0.185. The van der Waals surface area contributed by atoms with Gasteiger partial charge in [-0.3, -0.25) is 4.68 Å². The molecule has 0 saturated carbocycles. The average molecular weight is 314 g/mol. The summed E-state index contributed by atoms with van der Waals surface area (Å²) in [5, 5.41) is 10.1. The minimum absolute atomic E-state index is 0.146. The van der Waals surface area contributed by atoms with Gasteiger partial charge in [0.15, 0.2) is 0 Å². The molecule has 3 rings (SSSR count). The van der Waals surface area contributed by atoms with Crippen LogP contribution in [0.15, 0.2) is 42.7 Å². The first-order valence-corrected chi connectivity index (χ1v) is 7.94. The van der Waals surface area contributed by atoms with Crippen LogP contribution in [0.25, 0.3) is 0 Å². The van der Waals surface area contributed by atoms with Crippen molar-refractivity contribution < 1.29 is 9.53 Å². The van der Waals surface area contributed by atoms with Crippen LogP contribution in [-0.4, -0.2) is 35.6 Å². The lowest BCUT2D eigenvalue weighted by atomic mass is 10.1. The van der Waals surface area contributed by atoms with E-state index in [1.54, 1.807) is 6.20 Å². The summed E-state index contributed by atoms with van der Waals surface area (Å²) in [4.78, 5) is 11.8. The highest BCUT2D eigenvalue weighted by atomic mass is 16.5. The Kier molecular flexibility index (Phi) is 5.26. The highest BCUT2D eigenvalue weighted by Gasteiger charge is 2.16. The molecule has 0 aliphatic carbocycles. The van der Waals surface area contributed by atoms with Crippen molar-refractivity contribution in [2.24, 2.45) is 5.92 Å². The molecule has 1 saturated heterocycles. The second-order valence-electron chi connectivity index (χ2n) is 5.82. The zero-order chi connectivity index (χ0) is 15.9. The molecule has 2 amide bonds. The molecule has 1 aliphatic heterocycles. The molecule has 2 N–H and O–H groups in total. The predicted molar refractivity (Wildman–Crippen MR) is 86.9 cm³/mol. The average Bonchev–Trinajstić information content (AvgIpc) is 3.24. The molecule has 122 valence electrons. The van der Waals surface area contributed by atoms with Gasteiger partial charge in [0.1, 0.15) is 0 Å². The third-order valence-electron chi connectivity index (χ3n) is 3.90. The largest absolute Gasteiger partial charge is 0.381 e.